The predicted molar refractivity (Wildman–Crippen MR) is 42.3 cm³/mol. The third-order valence-corrected chi connectivity index (χ3v) is 1.62. The second-order valence-electron chi connectivity index (χ2n) is 2.26. The van der Waals surface area contributed by atoms with E-state index in [1.54, 1.807) is 6.82 Å². The van der Waals surface area contributed by atoms with Crippen LogP contribution < -0.4 is 5.23 Å². The fourth-order valence-electron chi connectivity index (χ4n) is 0.527. The molecule has 0 saturated heterocycles. The summed E-state index contributed by atoms with van der Waals surface area (Å²) in [5, 5.41) is 12.0. The molecule has 0 bridgehead atoms. The number of nitrogens with zero attached hydrogens (tertiary/aromatic N) is 1. The van der Waals surface area contributed by atoms with Gasteiger partial charge in [0.05, 0.1) is 0 Å². The van der Waals surface area contributed by atoms with Crippen LogP contribution in [0, 0.1) is 0 Å². The van der Waals surface area contributed by atoms with E-state index in [1.165, 1.54) is 0 Å². The largest absolute Gasteiger partial charge is 0.438 e. The Morgan fingerprint density at radius 3 is 2.00 bits per heavy atom. The maximum Gasteiger partial charge on any atom is 0.365 e. The molecule has 0 aromatic heterocycles. The van der Waals surface area contributed by atoms with Gasteiger partial charge in [-0.2, -0.15) is 0 Å². The summed E-state index contributed by atoms with van der Waals surface area (Å²) >= 11 is 0. The molecule has 0 aliphatic carbocycles. The van der Waals surface area contributed by atoms with Gasteiger partial charge in [0.25, 0.3) is 6.98 Å². The van der Waals surface area contributed by atoms with Crippen molar-refractivity contribution in [2.75, 3.05) is 14.1 Å². The molecule has 5 heteroatoms. The number of hydrogen-bond acceptors (Lipinski definition) is 3. The van der Waals surface area contributed by atoms with Crippen LogP contribution in [0.5, 0.6) is 0 Å². The van der Waals surface area contributed by atoms with Gasteiger partial charge in [-0.25, -0.2) is 0 Å². The van der Waals surface area contributed by atoms with Gasteiger partial charge >= 0.3 is 7.05 Å². The van der Waals surface area contributed by atoms with Gasteiger partial charge in [-0.05, 0) is 20.9 Å². The summed E-state index contributed by atoms with van der Waals surface area (Å²) in [6.07, 6.45) is 0. The van der Waals surface area contributed by atoms with Gasteiger partial charge in [0.1, 0.15) is 0 Å². The molecular formula is C4H14B2N2O. The molecule has 0 saturated carbocycles. The topological polar surface area (TPSA) is 35.5 Å². The highest BCUT2D eigenvalue weighted by Crippen LogP contribution is 1.87. The van der Waals surface area contributed by atoms with Crippen molar-refractivity contribution in [1.29, 1.82) is 0 Å². The highest BCUT2D eigenvalue weighted by Gasteiger charge is 2.18. The van der Waals surface area contributed by atoms with E-state index in [9.17, 15) is 0 Å². The van der Waals surface area contributed by atoms with Gasteiger partial charge in [0, 0.05) is 0 Å². The second kappa shape index (κ2) is 3.93. The maximum absolute atomic E-state index is 9.01. The van der Waals surface area contributed by atoms with Crippen molar-refractivity contribution in [3.63, 3.8) is 0 Å². The van der Waals surface area contributed by atoms with Gasteiger partial charge in [0.2, 0.25) is 0 Å². The molecule has 0 aliphatic heterocycles. The molecule has 0 aromatic carbocycles. The summed E-state index contributed by atoms with van der Waals surface area (Å²) in [5.74, 6) is 0. The Balaban J connectivity index is 3.58. The van der Waals surface area contributed by atoms with E-state index in [0.717, 1.165) is 0 Å². The summed E-state index contributed by atoms with van der Waals surface area (Å²) in [4.78, 5) is 0. The van der Waals surface area contributed by atoms with Crippen LogP contribution >= 0.6 is 0 Å². The van der Waals surface area contributed by atoms with Crippen LogP contribution in [0.25, 0.3) is 0 Å². The zero-order valence-electron chi connectivity index (χ0n) is 6.55. The Kier molecular flexibility index (Phi) is 3.93. The lowest BCUT2D eigenvalue weighted by atomic mass is 9.66. The molecule has 0 spiro atoms. The maximum atomic E-state index is 9.01. The van der Waals surface area contributed by atoms with E-state index >= 15 is 0 Å². The predicted octanol–water partition coefficient (Wildman–Crippen LogP) is -0.634. The first-order valence-electron chi connectivity index (χ1n) is 3.17. The lowest BCUT2D eigenvalue weighted by Gasteiger charge is -2.21. The Labute approximate surface area is 57.7 Å². The zero-order chi connectivity index (χ0) is 7.44. The summed E-state index contributed by atoms with van der Waals surface area (Å²) in [5.41, 5.74) is 0. The lowest BCUT2D eigenvalue weighted by molar-refractivity contribution is 0.512. The molecule has 0 unspecified atom stereocenters. The number of rotatable bonds is 3. The van der Waals surface area contributed by atoms with Crippen molar-refractivity contribution in [3.05, 3.63) is 0 Å². The Hall–Kier alpha value is 0.00987. The third-order valence-electron chi connectivity index (χ3n) is 1.62. The standard InChI is InChI=1S/C4H14B2N2O/c1-5(7-3)8(4)6(2)9/h7,9H,1-4H3. The van der Waals surface area contributed by atoms with Crippen molar-refractivity contribution < 1.29 is 5.02 Å². The molecule has 0 fully saturated rings. The van der Waals surface area contributed by atoms with E-state index in [0.29, 0.717) is 0 Å². The van der Waals surface area contributed by atoms with Crippen LogP contribution in [0.15, 0.2) is 0 Å². The van der Waals surface area contributed by atoms with E-state index in [4.69, 9.17) is 5.02 Å². The Morgan fingerprint density at radius 2 is 1.89 bits per heavy atom. The minimum atomic E-state index is -0.382. The van der Waals surface area contributed by atoms with Gasteiger partial charge in [-0.1, -0.05) is 6.82 Å². The molecule has 0 amide bonds. The van der Waals surface area contributed by atoms with Gasteiger partial charge in [-0.3, -0.25) is 0 Å². The minimum absolute atomic E-state index is 0.227. The van der Waals surface area contributed by atoms with Crippen LogP contribution in [0.2, 0.25) is 13.6 Å². The highest BCUT2D eigenvalue weighted by molar-refractivity contribution is 6.65. The normalized spacial score (nSPS) is 10.0. The molecule has 3 nitrogen and oxygen atoms in total. The second-order valence-corrected chi connectivity index (χ2v) is 2.26. The van der Waals surface area contributed by atoms with E-state index in [1.807, 2.05) is 25.6 Å². The van der Waals surface area contributed by atoms with Crippen LogP contribution in [-0.4, -0.2) is 37.9 Å². The SMILES string of the molecule is CNB(C)N(C)B(C)O. The molecule has 0 radical (unpaired) electrons. The fourth-order valence-corrected chi connectivity index (χ4v) is 0.527. The summed E-state index contributed by atoms with van der Waals surface area (Å²) in [6, 6.07) is 0. The smallest absolute Gasteiger partial charge is 0.365 e. The summed E-state index contributed by atoms with van der Waals surface area (Å²) < 4.78 is 1.83. The molecule has 2 N–H and O–H groups in total. The van der Waals surface area contributed by atoms with Crippen molar-refractivity contribution >= 4 is 14.0 Å². The number of nitrogens with one attached hydrogen (secondary N) is 1. The fraction of sp³-hybridized carbons (Fsp3) is 1.00. The van der Waals surface area contributed by atoms with Crippen molar-refractivity contribution in [3.8, 4) is 0 Å². The van der Waals surface area contributed by atoms with Crippen molar-refractivity contribution in [1.82, 2.24) is 9.95 Å². The van der Waals surface area contributed by atoms with Gasteiger partial charge in [-0.15, -0.1) is 0 Å². The molecule has 52 valence electrons. The van der Waals surface area contributed by atoms with Crippen LogP contribution in [0.3, 0.4) is 0 Å². The third kappa shape index (κ3) is 2.89. The Bertz CT molecular complexity index is 81.0. The average Bonchev–Trinajstić information content (AvgIpc) is 1.84. The zero-order valence-corrected chi connectivity index (χ0v) is 6.55. The molecule has 0 rings (SSSR count). The van der Waals surface area contributed by atoms with Crippen molar-refractivity contribution in [2.24, 2.45) is 0 Å². The van der Waals surface area contributed by atoms with Crippen LogP contribution in [0.1, 0.15) is 0 Å². The first kappa shape index (κ1) is 9.01. The molecule has 0 aliphatic rings. The molecule has 0 atom stereocenters. The van der Waals surface area contributed by atoms with Gasteiger partial charge < -0.3 is 15.0 Å². The summed E-state index contributed by atoms with van der Waals surface area (Å²) in [7, 11) is 3.35. The Morgan fingerprint density at radius 1 is 1.44 bits per heavy atom. The van der Waals surface area contributed by atoms with Crippen LogP contribution in [0.4, 0.5) is 0 Å². The number of hydrogen-bond donors (Lipinski definition) is 2. The molecule has 0 aromatic rings. The van der Waals surface area contributed by atoms with Crippen molar-refractivity contribution in [2.45, 2.75) is 13.6 Å². The summed E-state index contributed by atoms with van der Waals surface area (Å²) in [6.45, 7) is 3.96. The molecule has 0 heterocycles. The quantitative estimate of drug-likeness (QED) is 0.496. The van der Waals surface area contributed by atoms with Crippen LogP contribution in [-0.2, 0) is 0 Å². The molecule has 9 heavy (non-hydrogen) atoms. The average molecular weight is 128 g/mol. The molecular weight excluding hydrogens is 114 g/mol. The van der Waals surface area contributed by atoms with E-state index < -0.39 is 0 Å². The van der Waals surface area contributed by atoms with E-state index in [2.05, 4.69) is 5.23 Å². The first-order valence-corrected chi connectivity index (χ1v) is 3.17. The minimum Gasteiger partial charge on any atom is -0.438 e. The monoisotopic (exact) mass is 128 g/mol. The van der Waals surface area contributed by atoms with E-state index in [-0.39, 0.29) is 14.0 Å². The highest BCUT2D eigenvalue weighted by atomic mass is 16.2. The van der Waals surface area contributed by atoms with Gasteiger partial charge in [0.15, 0.2) is 0 Å². The lowest BCUT2D eigenvalue weighted by Crippen LogP contribution is -2.50. The first-order chi connectivity index (χ1) is 4.09.